The van der Waals surface area contributed by atoms with E-state index < -0.39 is 11.4 Å². The predicted molar refractivity (Wildman–Crippen MR) is 55.5 cm³/mol. The van der Waals surface area contributed by atoms with Gasteiger partial charge in [-0.1, -0.05) is 6.08 Å². The van der Waals surface area contributed by atoms with E-state index in [9.17, 15) is 9.59 Å². The SMILES string of the molecule is C=CCN(C)C(=O)NCC1(C(=O)O)CC1. The largest absolute Gasteiger partial charge is 0.481 e. The summed E-state index contributed by atoms with van der Waals surface area (Å²) in [5.41, 5.74) is -0.704. The molecular weight excluding hydrogens is 196 g/mol. The molecule has 0 aromatic heterocycles. The van der Waals surface area contributed by atoms with Crippen molar-refractivity contribution in [3.8, 4) is 0 Å². The van der Waals surface area contributed by atoms with Gasteiger partial charge in [-0.25, -0.2) is 4.79 Å². The van der Waals surface area contributed by atoms with Crippen LogP contribution in [0.5, 0.6) is 0 Å². The maximum absolute atomic E-state index is 11.4. The summed E-state index contributed by atoms with van der Waals surface area (Å²) in [6.45, 7) is 4.18. The number of amides is 2. The lowest BCUT2D eigenvalue weighted by Gasteiger charge is -2.17. The van der Waals surface area contributed by atoms with Gasteiger partial charge < -0.3 is 15.3 Å². The first-order chi connectivity index (χ1) is 7.02. The molecule has 1 saturated carbocycles. The molecule has 1 aliphatic rings. The fraction of sp³-hybridized carbons (Fsp3) is 0.600. The maximum atomic E-state index is 11.4. The van der Waals surface area contributed by atoms with Crippen LogP contribution in [0.15, 0.2) is 12.7 Å². The number of rotatable bonds is 5. The van der Waals surface area contributed by atoms with Crippen molar-refractivity contribution < 1.29 is 14.7 Å². The molecule has 1 rings (SSSR count). The van der Waals surface area contributed by atoms with E-state index in [1.165, 1.54) is 4.90 Å². The number of carbonyl (C=O) groups is 2. The monoisotopic (exact) mass is 212 g/mol. The Balaban J connectivity index is 2.34. The summed E-state index contributed by atoms with van der Waals surface area (Å²) >= 11 is 0. The van der Waals surface area contributed by atoms with Crippen molar-refractivity contribution in [2.45, 2.75) is 12.8 Å². The van der Waals surface area contributed by atoms with Crippen LogP contribution < -0.4 is 5.32 Å². The fourth-order valence-corrected chi connectivity index (χ4v) is 1.27. The second kappa shape index (κ2) is 4.33. The van der Waals surface area contributed by atoms with Crippen LogP contribution in [0, 0.1) is 5.41 Å². The van der Waals surface area contributed by atoms with Gasteiger partial charge in [0.25, 0.3) is 0 Å². The molecule has 0 radical (unpaired) electrons. The first-order valence-corrected chi connectivity index (χ1v) is 4.85. The normalized spacial score (nSPS) is 16.6. The summed E-state index contributed by atoms with van der Waals surface area (Å²) in [5, 5.41) is 11.5. The van der Waals surface area contributed by atoms with E-state index in [0.29, 0.717) is 19.4 Å². The van der Waals surface area contributed by atoms with E-state index in [0.717, 1.165) is 0 Å². The molecule has 2 N–H and O–H groups in total. The molecule has 0 unspecified atom stereocenters. The zero-order chi connectivity index (χ0) is 11.5. The minimum absolute atomic E-state index is 0.211. The van der Waals surface area contributed by atoms with Crippen LogP contribution in [0.1, 0.15) is 12.8 Å². The van der Waals surface area contributed by atoms with Gasteiger partial charge in [-0.15, -0.1) is 6.58 Å². The van der Waals surface area contributed by atoms with Crippen LogP contribution >= 0.6 is 0 Å². The topological polar surface area (TPSA) is 69.6 Å². The molecule has 5 heteroatoms. The van der Waals surface area contributed by atoms with Crippen molar-refractivity contribution in [1.82, 2.24) is 10.2 Å². The Morgan fingerprint density at radius 1 is 1.60 bits per heavy atom. The molecule has 2 amide bonds. The molecule has 0 spiro atoms. The second-order valence-electron chi connectivity index (χ2n) is 3.91. The zero-order valence-corrected chi connectivity index (χ0v) is 8.82. The lowest BCUT2D eigenvalue weighted by atomic mass is 10.1. The molecule has 0 atom stereocenters. The molecule has 0 aromatic carbocycles. The Morgan fingerprint density at radius 2 is 2.20 bits per heavy atom. The number of urea groups is 1. The van der Waals surface area contributed by atoms with Crippen molar-refractivity contribution in [3.05, 3.63) is 12.7 Å². The summed E-state index contributed by atoms with van der Waals surface area (Å²) < 4.78 is 0. The summed E-state index contributed by atoms with van der Waals surface area (Å²) in [6, 6.07) is -0.262. The third-order valence-electron chi connectivity index (χ3n) is 2.63. The molecule has 0 saturated heterocycles. The first kappa shape index (κ1) is 11.6. The van der Waals surface area contributed by atoms with Gasteiger partial charge in [0.2, 0.25) is 0 Å². The van der Waals surface area contributed by atoms with E-state index >= 15 is 0 Å². The number of nitrogens with zero attached hydrogens (tertiary/aromatic N) is 1. The molecule has 84 valence electrons. The van der Waals surface area contributed by atoms with Gasteiger partial charge in [0.1, 0.15) is 0 Å². The Bertz CT molecular complexity index is 284. The highest BCUT2D eigenvalue weighted by molar-refractivity contribution is 5.80. The standard InChI is InChI=1S/C10H16N2O3/c1-3-6-12(2)9(15)11-7-10(4-5-10)8(13)14/h3H,1,4-7H2,2H3,(H,11,15)(H,13,14). The molecule has 0 bridgehead atoms. The molecular formula is C10H16N2O3. The zero-order valence-electron chi connectivity index (χ0n) is 8.82. The van der Waals surface area contributed by atoms with Crippen LogP contribution in [0.4, 0.5) is 4.79 Å². The van der Waals surface area contributed by atoms with E-state index in [1.54, 1.807) is 13.1 Å². The highest BCUT2D eigenvalue weighted by atomic mass is 16.4. The lowest BCUT2D eigenvalue weighted by molar-refractivity contribution is -0.143. The molecule has 15 heavy (non-hydrogen) atoms. The molecule has 0 aliphatic heterocycles. The van der Waals surface area contributed by atoms with E-state index in [2.05, 4.69) is 11.9 Å². The van der Waals surface area contributed by atoms with E-state index in [4.69, 9.17) is 5.11 Å². The van der Waals surface area contributed by atoms with Crippen LogP contribution in [0.3, 0.4) is 0 Å². The quantitative estimate of drug-likeness (QED) is 0.658. The third-order valence-corrected chi connectivity index (χ3v) is 2.63. The Hall–Kier alpha value is -1.52. The van der Waals surface area contributed by atoms with Crippen molar-refractivity contribution in [3.63, 3.8) is 0 Å². The van der Waals surface area contributed by atoms with Crippen molar-refractivity contribution >= 4 is 12.0 Å². The number of carboxylic acid groups (broad SMARTS) is 1. The lowest BCUT2D eigenvalue weighted by Crippen LogP contribution is -2.41. The van der Waals surface area contributed by atoms with Crippen LogP contribution in [0.25, 0.3) is 0 Å². The molecule has 0 heterocycles. The number of nitrogens with one attached hydrogen (secondary N) is 1. The number of carboxylic acids is 1. The minimum atomic E-state index is -0.825. The highest BCUT2D eigenvalue weighted by Crippen LogP contribution is 2.45. The Labute approximate surface area is 88.8 Å². The number of hydrogen-bond donors (Lipinski definition) is 2. The van der Waals surface area contributed by atoms with Gasteiger partial charge in [-0.3, -0.25) is 4.79 Å². The smallest absolute Gasteiger partial charge is 0.317 e. The summed E-state index contributed by atoms with van der Waals surface area (Å²) in [4.78, 5) is 23.7. The Kier molecular flexibility index (Phi) is 3.34. The average molecular weight is 212 g/mol. The van der Waals surface area contributed by atoms with Crippen molar-refractivity contribution in [1.29, 1.82) is 0 Å². The maximum Gasteiger partial charge on any atom is 0.317 e. The first-order valence-electron chi connectivity index (χ1n) is 4.85. The van der Waals surface area contributed by atoms with Gasteiger partial charge >= 0.3 is 12.0 Å². The van der Waals surface area contributed by atoms with Crippen molar-refractivity contribution in [2.24, 2.45) is 5.41 Å². The highest BCUT2D eigenvalue weighted by Gasteiger charge is 2.50. The number of hydrogen-bond acceptors (Lipinski definition) is 2. The number of aliphatic carboxylic acids is 1. The van der Waals surface area contributed by atoms with E-state index in [-0.39, 0.29) is 12.6 Å². The van der Waals surface area contributed by atoms with Gasteiger partial charge in [-0.05, 0) is 12.8 Å². The van der Waals surface area contributed by atoms with Gasteiger partial charge in [-0.2, -0.15) is 0 Å². The summed E-state index contributed by atoms with van der Waals surface area (Å²) in [5.74, 6) is -0.825. The average Bonchev–Trinajstić information content (AvgIpc) is 2.95. The van der Waals surface area contributed by atoms with Crippen LogP contribution in [-0.4, -0.2) is 42.1 Å². The van der Waals surface area contributed by atoms with Crippen LogP contribution in [-0.2, 0) is 4.79 Å². The minimum Gasteiger partial charge on any atom is -0.481 e. The molecule has 5 nitrogen and oxygen atoms in total. The fourth-order valence-electron chi connectivity index (χ4n) is 1.27. The summed E-state index contributed by atoms with van der Waals surface area (Å²) in [7, 11) is 1.64. The second-order valence-corrected chi connectivity index (χ2v) is 3.91. The third kappa shape index (κ3) is 2.71. The van der Waals surface area contributed by atoms with Gasteiger partial charge in [0.15, 0.2) is 0 Å². The number of carbonyl (C=O) groups excluding carboxylic acids is 1. The van der Waals surface area contributed by atoms with Gasteiger partial charge in [0.05, 0.1) is 5.41 Å². The predicted octanol–water partition coefficient (Wildman–Crippen LogP) is 0.679. The molecule has 1 aliphatic carbocycles. The van der Waals surface area contributed by atoms with Crippen LogP contribution in [0.2, 0.25) is 0 Å². The van der Waals surface area contributed by atoms with Gasteiger partial charge in [0, 0.05) is 20.1 Å². The molecule has 0 aromatic rings. The Morgan fingerprint density at radius 3 is 2.60 bits per heavy atom. The molecule has 1 fully saturated rings. The number of likely N-dealkylation sites (N-methyl/N-ethyl adjacent to an activating group) is 1. The van der Waals surface area contributed by atoms with E-state index in [1.807, 2.05) is 0 Å². The summed E-state index contributed by atoms with van der Waals surface area (Å²) in [6.07, 6.45) is 2.91. The van der Waals surface area contributed by atoms with Crippen molar-refractivity contribution in [2.75, 3.05) is 20.1 Å².